The van der Waals surface area contributed by atoms with Gasteiger partial charge < -0.3 is 9.80 Å². The van der Waals surface area contributed by atoms with Crippen molar-refractivity contribution in [1.29, 1.82) is 0 Å². The molecule has 0 N–H and O–H groups in total. The lowest BCUT2D eigenvalue weighted by Crippen LogP contribution is -2.28. The highest BCUT2D eigenvalue weighted by Gasteiger charge is 2.22. The van der Waals surface area contributed by atoms with Crippen molar-refractivity contribution in [3.05, 3.63) is 16.0 Å². The first kappa shape index (κ1) is 13.1. The Morgan fingerprint density at radius 3 is 3.00 bits per heavy atom. The predicted molar refractivity (Wildman–Crippen MR) is 73.6 cm³/mol. The third-order valence-electron chi connectivity index (χ3n) is 3.11. The number of anilines is 1. The highest BCUT2D eigenvalue weighted by molar-refractivity contribution is 9.10. The van der Waals surface area contributed by atoms with Crippen LogP contribution in [0.2, 0.25) is 5.15 Å². The van der Waals surface area contributed by atoms with Crippen LogP contribution in [0.25, 0.3) is 0 Å². The van der Waals surface area contributed by atoms with Crippen molar-refractivity contribution in [1.82, 2.24) is 14.9 Å². The van der Waals surface area contributed by atoms with Gasteiger partial charge in [-0.2, -0.15) is 0 Å². The smallest absolute Gasteiger partial charge is 0.148 e. The Morgan fingerprint density at radius 2 is 2.35 bits per heavy atom. The summed E-state index contributed by atoms with van der Waals surface area (Å²) in [5, 5.41) is 0.463. The quantitative estimate of drug-likeness (QED) is 0.800. The first-order chi connectivity index (χ1) is 8.08. The van der Waals surface area contributed by atoms with Gasteiger partial charge in [0.2, 0.25) is 0 Å². The zero-order valence-electron chi connectivity index (χ0n) is 10.0. The summed E-state index contributed by atoms with van der Waals surface area (Å²) in [5.74, 6) is 1.56. The number of hydrogen-bond donors (Lipinski definition) is 0. The van der Waals surface area contributed by atoms with Gasteiger partial charge in [0.25, 0.3) is 0 Å². The number of halogens is 2. The van der Waals surface area contributed by atoms with Crippen LogP contribution >= 0.6 is 27.5 Å². The van der Waals surface area contributed by atoms with E-state index >= 15 is 0 Å². The van der Waals surface area contributed by atoms with E-state index in [1.165, 1.54) is 19.3 Å². The fourth-order valence-electron chi connectivity index (χ4n) is 2.26. The molecule has 1 atom stereocenters. The van der Waals surface area contributed by atoms with Crippen molar-refractivity contribution in [2.45, 2.75) is 6.42 Å². The van der Waals surface area contributed by atoms with Gasteiger partial charge in [0.05, 0.1) is 4.47 Å². The summed E-state index contributed by atoms with van der Waals surface area (Å²) < 4.78 is 0.774. The van der Waals surface area contributed by atoms with Crippen molar-refractivity contribution in [3.63, 3.8) is 0 Å². The molecule has 0 aromatic carbocycles. The second kappa shape index (κ2) is 5.50. The van der Waals surface area contributed by atoms with Crippen LogP contribution < -0.4 is 4.90 Å². The normalized spacial score (nSPS) is 20.8. The lowest BCUT2D eigenvalue weighted by Gasteiger charge is -2.23. The van der Waals surface area contributed by atoms with Crippen LogP contribution in [0.3, 0.4) is 0 Å². The summed E-state index contributed by atoms with van der Waals surface area (Å²) in [5.41, 5.74) is 0. The molecule has 1 aromatic rings. The van der Waals surface area contributed by atoms with E-state index in [1.807, 2.05) is 7.05 Å². The van der Waals surface area contributed by atoms with Gasteiger partial charge in [0.15, 0.2) is 0 Å². The second-order valence-corrected chi connectivity index (χ2v) is 5.75. The van der Waals surface area contributed by atoms with E-state index in [1.54, 1.807) is 0 Å². The van der Waals surface area contributed by atoms with Gasteiger partial charge in [0, 0.05) is 20.1 Å². The van der Waals surface area contributed by atoms with E-state index in [-0.39, 0.29) is 0 Å². The second-order valence-electron chi connectivity index (χ2n) is 4.60. The molecule has 2 rings (SSSR count). The fourth-order valence-corrected chi connectivity index (χ4v) is 2.89. The first-order valence-electron chi connectivity index (χ1n) is 5.63. The molecule has 94 valence electrons. The molecule has 17 heavy (non-hydrogen) atoms. The number of hydrogen-bond acceptors (Lipinski definition) is 4. The highest BCUT2D eigenvalue weighted by atomic mass is 79.9. The Morgan fingerprint density at radius 1 is 1.59 bits per heavy atom. The summed E-state index contributed by atoms with van der Waals surface area (Å²) in [4.78, 5) is 12.7. The van der Waals surface area contributed by atoms with Gasteiger partial charge in [-0.1, -0.05) is 11.6 Å². The molecule has 2 heterocycles. The standard InChI is InChI=1S/C11H16BrClN4/c1-16-4-3-8(5-16)6-17(2)11-9(12)10(13)14-7-15-11/h7-8H,3-6H2,1-2H3. The van der Waals surface area contributed by atoms with E-state index in [2.05, 4.69) is 42.7 Å². The molecule has 0 saturated carbocycles. The minimum Gasteiger partial charge on any atom is -0.358 e. The van der Waals surface area contributed by atoms with Crippen LogP contribution in [0.4, 0.5) is 5.82 Å². The van der Waals surface area contributed by atoms with Crippen molar-refractivity contribution in [3.8, 4) is 0 Å². The van der Waals surface area contributed by atoms with Gasteiger partial charge in [-0.15, -0.1) is 0 Å². The van der Waals surface area contributed by atoms with E-state index in [0.717, 1.165) is 23.4 Å². The minimum absolute atomic E-state index is 0.463. The van der Waals surface area contributed by atoms with Gasteiger partial charge >= 0.3 is 0 Å². The Kier molecular flexibility index (Phi) is 4.22. The number of aromatic nitrogens is 2. The van der Waals surface area contributed by atoms with Gasteiger partial charge in [0.1, 0.15) is 17.3 Å². The van der Waals surface area contributed by atoms with E-state index in [0.29, 0.717) is 11.1 Å². The molecule has 0 spiro atoms. The Balaban J connectivity index is 2.04. The Hall–Kier alpha value is -0.390. The predicted octanol–water partition coefficient (Wildman–Crippen LogP) is 2.28. The van der Waals surface area contributed by atoms with Crippen LogP contribution in [0.5, 0.6) is 0 Å². The average molecular weight is 320 g/mol. The van der Waals surface area contributed by atoms with Crippen LogP contribution in [-0.4, -0.2) is 48.6 Å². The van der Waals surface area contributed by atoms with Crippen LogP contribution in [0, 0.1) is 5.92 Å². The lowest BCUT2D eigenvalue weighted by atomic mass is 10.1. The maximum atomic E-state index is 5.96. The largest absolute Gasteiger partial charge is 0.358 e. The highest BCUT2D eigenvalue weighted by Crippen LogP contribution is 2.29. The molecule has 0 radical (unpaired) electrons. The third-order valence-corrected chi connectivity index (χ3v) is 4.36. The van der Waals surface area contributed by atoms with Crippen LogP contribution in [0.15, 0.2) is 10.8 Å². The molecule has 1 unspecified atom stereocenters. The monoisotopic (exact) mass is 318 g/mol. The Bertz CT molecular complexity index is 401. The molecule has 1 aromatic heterocycles. The fraction of sp³-hybridized carbons (Fsp3) is 0.636. The van der Waals surface area contributed by atoms with Crippen molar-refractivity contribution >= 4 is 33.3 Å². The molecule has 6 heteroatoms. The van der Waals surface area contributed by atoms with Crippen LogP contribution in [-0.2, 0) is 0 Å². The first-order valence-corrected chi connectivity index (χ1v) is 6.80. The summed E-state index contributed by atoms with van der Waals surface area (Å²) in [6.45, 7) is 3.33. The molecule has 1 aliphatic rings. The minimum atomic E-state index is 0.463. The molecule has 4 nitrogen and oxygen atoms in total. The summed E-state index contributed by atoms with van der Waals surface area (Å²) >= 11 is 9.40. The van der Waals surface area contributed by atoms with Crippen LogP contribution in [0.1, 0.15) is 6.42 Å². The van der Waals surface area contributed by atoms with E-state index in [9.17, 15) is 0 Å². The molecule has 0 amide bonds. The molecule has 1 saturated heterocycles. The molecular weight excluding hydrogens is 304 g/mol. The lowest BCUT2D eigenvalue weighted by molar-refractivity contribution is 0.395. The molecular formula is C11H16BrClN4. The maximum Gasteiger partial charge on any atom is 0.148 e. The zero-order chi connectivity index (χ0) is 12.4. The maximum absolute atomic E-state index is 5.96. The van der Waals surface area contributed by atoms with Crippen molar-refractivity contribution < 1.29 is 0 Å². The van der Waals surface area contributed by atoms with Gasteiger partial charge in [-0.25, -0.2) is 9.97 Å². The summed E-state index contributed by atoms with van der Waals surface area (Å²) in [7, 11) is 4.21. The van der Waals surface area contributed by atoms with Gasteiger partial charge in [-0.3, -0.25) is 0 Å². The summed E-state index contributed by atoms with van der Waals surface area (Å²) in [6, 6.07) is 0. The van der Waals surface area contributed by atoms with Crippen molar-refractivity contribution in [2.24, 2.45) is 5.92 Å². The third kappa shape index (κ3) is 3.09. The zero-order valence-corrected chi connectivity index (χ0v) is 12.4. The molecule has 0 aliphatic carbocycles. The van der Waals surface area contributed by atoms with Gasteiger partial charge in [-0.05, 0) is 41.9 Å². The number of nitrogens with zero attached hydrogens (tertiary/aromatic N) is 4. The topological polar surface area (TPSA) is 32.3 Å². The summed E-state index contributed by atoms with van der Waals surface area (Å²) in [6.07, 6.45) is 2.75. The number of likely N-dealkylation sites (tertiary alicyclic amines) is 1. The average Bonchev–Trinajstić information content (AvgIpc) is 2.68. The molecule has 1 fully saturated rings. The molecule has 0 bridgehead atoms. The van der Waals surface area contributed by atoms with Crippen molar-refractivity contribution in [2.75, 3.05) is 38.6 Å². The van der Waals surface area contributed by atoms with E-state index in [4.69, 9.17) is 11.6 Å². The SMILES string of the molecule is CN1CCC(CN(C)c2ncnc(Cl)c2Br)C1. The molecule has 1 aliphatic heterocycles. The van der Waals surface area contributed by atoms with E-state index < -0.39 is 0 Å². The Labute approximate surface area is 115 Å². The number of rotatable bonds is 3.